The van der Waals surface area contributed by atoms with Crippen molar-refractivity contribution in [1.82, 2.24) is 20.1 Å². The number of aromatic amines is 1. The summed E-state index contributed by atoms with van der Waals surface area (Å²) in [6.45, 7) is 6.66. The number of carbonyl (C=O) groups excluding carboxylic acids is 3. The van der Waals surface area contributed by atoms with Gasteiger partial charge in [0.25, 0.3) is 11.8 Å². The number of hydrogen-bond acceptors (Lipinski definition) is 5. The molecular weight excluding hydrogens is 458 g/mol. The van der Waals surface area contributed by atoms with Gasteiger partial charge in [-0.25, -0.2) is 9.69 Å². The standard InChI is InChI=1S/C27H29N5O4/c1-27-23-21(20-7-2-3-8-22(20)29-23)9-11-31(27)26(35)32(25(27)34)19-6-4-5-18(17-19)24(33)28-10-12-30-13-15-36-16-14-30/h2-8,17,29H,9-16H2,1H3,(H,28,33). The zero-order chi connectivity index (χ0) is 24.9. The molecule has 2 fully saturated rings. The van der Waals surface area contributed by atoms with Gasteiger partial charge in [-0.2, -0.15) is 0 Å². The van der Waals surface area contributed by atoms with Crippen LogP contribution in [0.4, 0.5) is 10.5 Å². The molecule has 1 aromatic heterocycles. The van der Waals surface area contributed by atoms with Crippen LogP contribution in [0.3, 0.4) is 0 Å². The van der Waals surface area contributed by atoms with Crippen LogP contribution in [0.15, 0.2) is 48.5 Å². The Morgan fingerprint density at radius 2 is 1.89 bits per heavy atom. The van der Waals surface area contributed by atoms with Gasteiger partial charge in [0.15, 0.2) is 5.54 Å². The number of nitrogens with one attached hydrogen (secondary N) is 2. The second kappa shape index (κ2) is 8.76. The molecule has 2 aromatic carbocycles. The molecule has 1 unspecified atom stereocenters. The fourth-order valence-electron chi connectivity index (χ4n) is 5.66. The first kappa shape index (κ1) is 22.8. The van der Waals surface area contributed by atoms with E-state index in [-0.39, 0.29) is 17.8 Å². The van der Waals surface area contributed by atoms with E-state index >= 15 is 0 Å². The lowest BCUT2D eigenvalue weighted by atomic mass is 9.87. The number of fused-ring (bicyclic) bond motifs is 5. The molecule has 9 heteroatoms. The van der Waals surface area contributed by atoms with Crippen LogP contribution in [0.2, 0.25) is 0 Å². The first-order valence-electron chi connectivity index (χ1n) is 12.4. The molecule has 6 rings (SSSR count). The summed E-state index contributed by atoms with van der Waals surface area (Å²) in [5.74, 6) is -0.545. The zero-order valence-electron chi connectivity index (χ0n) is 20.3. The summed E-state index contributed by atoms with van der Waals surface area (Å²) in [6, 6.07) is 14.3. The van der Waals surface area contributed by atoms with Crippen molar-refractivity contribution in [3.05, 3.63) is 65.4 Å². The number of aromatic nitrogens is 1. The second-order valence-corrected chi connectivity index (χ2v) is 9.68. The summed E-state index contributed by atoms with van der Waals surface area (Å²) in [6.07, 6.45) is 0.674. The van der Waals surface area contributed by atoms with E-state index < -0.39 is 5.54 Å². The molecule has 36 heavy (non-hydrogen) atoms. The number of hydrogen-bond donors (Lipinski definition) is 2. The molecule has 0 spiro atoms. The maximum Gasteiger partial charge on any atom is 0.332 e. The van der Waals surface area contributed by atoms with Crippen LogP contribution in [0.5, 0.6) is 0 Å². The summed E-state index contributed by atoms with van der Waals surface area (Å²) in [5.41, 5.74) is 2.50. The molecule has 186 valence electrons. The molecule has 3 aliphatic rings. The number of amides is 4. The molecule has 0 saturated carbocycles. The quantitative estimate of drug-likeness (QED) is 0.539. The molecule has 0 radical (unpaired) electrons. The number of para-hydroxylation sites is 1. The van der Waals surface area contributed by atoms with E-state index in [2.05, 4.69) is 15.2 Å². The van der Waals surface area contributed by atoms with Crippen LogP contribution in [-0.4, -0.2) is 78.6 Å². The van der Waals surface area contributed by atoms with Gasteiger partial charge in [0, 0.05) is 49.2 Å². The van der Waals surface area contributed by atoms with E-state index in [1.807, 2.05) is 31.2 Å². The van der Waals surface area contributed by atoms with Crippen LogP contribution >= 0.6 is 0 Å². The maximum absolute atomic E-state index is 13.9. The molecule has 4 amide bonds. The number of carbonyl (C=O) groups is 3. The van der Waals surface area contributed by atoms with E-state index in [4.69, 9.17) is 4.74 Å². The molecule has 2 N–H and O–H groups in total. The molecule has 3 aliphatic heterocycles. The highest BCUT2D eigenvalue weighted by Crippen LogP contribution is 2.45. The zero-order valence-corrected chi connectivity index (χ0v) is 20.3. The van der Waals surface area contributed by atoms with Gasteiger partial charge >= 0.3 is 6.03 Å². The number of nitrogens with zero attached hydrogens (tertiary/aromatic N) is 3. The van der Waals surface area contributed by atoms with E-state index in [1.165, 1.54) is 4.90 Å². The predicted octanol–water partition coefficient (Wildman–Crippen LogP) is 2.47. The van der Waals surface area contributed by atoms with Crippen molar-refractivity contribution >= 4 is 34.4 Å². The van der Waals surface area contributed by atoms with E-state index in [0.717, 1.165) is 41.8 Å². The van der Waals surface area contributed by atoms with Gasteiger partial charge in [0.2, 0.25) is 0 Å². The van der Waals surface area contributed by atoms with Gasteiger partial charge < -0.3 is 19.9 Å². The number of rotatable bonds is 5. The van der Waals surface area contributed by atoms with Crippen LogP contribution in [-0.2, 0) is 21.5 Å². The SMILES string of the molecule is CC12C(=O)N(c3cccc(C(=O)NCCN4CCOCC4)c3)C(=O)N1CCc1c2[nH]c2ccccc12. The molecular formula is C27H29N5O4. The Labute approximate surface area is 209 Å². The van der Waals surface area contributed by atoms with Crippen LogP contribution < -0.4 is 10.2 Å². The third kappa shape index (κ3) is 3.50. The fraction of sp³-hybridized carbons (Fsp3) is 0.370. The third-order valence-electron chi connectivity index (χ3n) is 7.65. The summed E-state index contributed by atoms with van der Waals surface area (Å²) >= 11 is 0. The lowest BCUT2D eigenvalue weighted by Crippen LogP contribution is -2.49. The molecule has 9 nitrogen and oxygen atoms in total. The van der Waals surface area contributed by atoms with E-state index in [1.54, 1.807) is 29.2 Å². The van der Waals surface area contributed by atoms with Gasteiger partial charge in [-0.05, 0) is 43.2 Å². The molecule has 3 aromatic rings. The summed E-state index contributed by atoms with van der Waals surface area (Å²) < 4.78 is 5.36. The van der Waals surface area contributed by atoms with Crippen LogP contribution in [0.1, 0.15) is 28.5 Å². The lowest BCUT2D eigenvalue weighted by molar-refractivity contribution is -0.125. The molecule has 1 atom stereocenters. The summed E-state index contributed by atoms with van der Waals surface area (Å²) in [4.78, 5) is 48.7. The summed E-state index contributed by atoms with van der Waals surface area (Å²) in [7, 11) is 0. The molecule has 0 bridgehead atoms. The van der Waals surface area contributed by atoms with Crippen LogP contribution in [0.25, 0.3) is 10.9 Å². The van der Waals surface area contributed by atoms with Crippen LogP contribution in [0, 0.1) is 0 Å². The minimum absolute atomic E-state index is 0.231. The fourth-order valence-corrected chi connectivity index (χ4v) is 5.66. The van der Waals surface area contributed by atoms with Crippen molar-refractivity contribution in [3.63, 3.8) is 0 Å². The Morgan fingerprint density at radius 3 is 2.72 bits per heavy atom. The monoisotopic (exact) mass is 487 g/mol. The van der Waals surface area contributed by atoms with Crippen molar-refractivity contribution < 1.29 is 19.1 Å². The highest BCUT2D eigenvalue weighted by atomic mass is 16.5. The first-order valence-corrected chi connectivity index (χ1v) is 12.4. The van der Waals surface area contributed by atoms with Gasteiger partial charge in [-0.3, -0.25) is 14.5 Å². The number of benzene rings is 2. The normalized spacial score (nSPS) is 22.1. The topological polar surface area (TPSA) is 98.0 Å². The number of imide groups is 1. The number of urea groups is 1. The van der Waals surface area contributed by atoms with Gasteiger partial charge in [0.1, 0.15) is 0 Å². The third-order valence-corrected chi connectivity index (χ3v) is 7.65. The number of morpholine rings is 1. The van der Waals surface area contributed by atoms with E-state index in [9.17, 15) is 14.4 Å². The minimum atomic E-state index is -1.12. The van der Waals surface area contributed by atoms with Crippen molar-refractivity contribution in [2.75, 3.05) is 50.8 Å². The minimum Gasteiger partial charge on any atom is -0.379 e. The first-order chi connectivity index (χ1) is 17.5. The molecule has 0 aliphatic carbocycles. The highest BCUT2D eigenvalue weighted by molar-refractivity contribution is 6.24. The Bertz CT molecular complexity index is 1360. The average molecular weight is 488 g/mol. The average Bonchev–Trinajstić information content (AvgIpc) is 3.38. The van der Waals surface area contributed by atoms with Crippen molar-refractivity contribution in [2.24, 2.45) is 0 Å². The van der Waals surface area contributed by atoms with Gasteiger partial charge in [0.05, 0.1) is 24.6 Å². The number of H-pyrrole nitrogens is 1. The van der Waals surface area contributed by atoms with Crippen molar-refractivity contribution in [2.45, 2.75) is 18.9 Å². The van der Waals surface area contributed by atoms with Gasteiger partial charge in [-0.1, -0.05) is 24.3 Å². The van der Waals surface area contributed by atoms with Crippen molar-refractivity contribution in [1.29, 1.82) is 0 Å². The Balaban J connectivity index is 1.24. The predicted molar refractivity (Wildman–Crippen MR) is 135 cm³/mol. The second-order valence-electron chi connectivity index (χ2n) is 9.68. The smallest absolute Gasteiger partial charge is 0.332 e. The Kier molecular flexibility index (Phi) is 5.54. The largest absolute Gasteiger partial charge is 0.379 e. The van der Waals surface area contributed by atoms with Gasteiger partial charge in [-0.15, -0.1) is 0 Å². The Hall–Kier alpha value is -3.69. The summed E-state index contributed by atoms with van der Waals surface area (Å²) in [5, 5.41) is 4.03. The highest BCUT2D eigenvalue weighted by Gasteiger charge is 2.59. The molecule has 4 heterocycles. The van der Waals surface area contributed by atoms with E-state index in [0.29, 0.717) is 44.0 Å². The maximum atomic E-state index is 13.9. The Morgan fingerprint density at radius 1 is 1.08 bits per heavy atom. The number of anilines is 1. The number of ether oxygens (including phenoxy) is 1. The van der Waals surface area contributed by atoms with Crippen molar-refractivity contribution in [3.8, 4) is 0 Å². The lowest BCUT2D eigenvalue weighted by Gasteiger charge is -2.35. The molecule has 2 saturated heterocycles.